The second-order valence-electron chi connectivity index (χ2n) is 3.86. The van der Waals surface area contributed by atoms with Gasteiger partial charge in [-0.05, 0) is 6.92 Å². The largest absolute Gasteiger partial charge is 0.756 e. The molecule has 2 unspecified atom stereocenters. The molecule has 0 aromatic rings. The van der Waals surface area contributed by atoms with E-state index in [1.807, 2.05) is 21.1 Å². The Morgan fingerprint density at radius 2 is 2.00 bits per heavy atom. The molecule has 0 aliphatic heterocycles. The quantitative estimate of drug-likeness (QED) is 0.490. The first-order valence-electron chi connectivity index (χ1n) is 3.63. The average Bonchev–Trinajstić information content (AvgIpc) is 1.49. The van der Waals surface area contributed by atoms with Crippen molar-refractivity contribution >= 4 is 7.82 Å². The molecule has 6 heteroatoms. The highest BCUT2D eigenvalue weighted by Crippen LogP contribution is 2.32. The fourth-order valence-corrected chi connectivity index (χ4v) is 1.55. The Hall–Kier alpha value is 0.0700. The van der Waals surface area contributed by atoms with Gasteiger partial charge in [0.15, 0.2) is 0 Å². The summed E-state index contributed by atoms with van der Waals surface area (Å²) in [5.74, 6) is 0. The number of rotatable bonds is 4. The number of hydrogen-bond donors (Lipinski definition) is 1. The molecule has 0 amide bonds. The molecular formula is C6H16NO4P. The second-order valence-corrected chi connectivity index (χ2v) is 5.01. The van der Waals surface area contributed by atoms with Crippen LogP contribution in [0.2, 0.25) is 0 Å². The highest BCUT2D eigenvalue weighted by atomic mass is 31.2. The molecule has 2 atom stereocenters. The fourth-order valence-electron chi connectivity index (χ4n) is 1.03. The molecule has 0 radical (unpaired) electrons. The van der Waals surface area contributed by atoms with Crippen molar-refractivity contribution in [2.24, 2.45) is 0 Å². The summed E-state index contributed by atoms with van der Waals surface area (Å²) in [6, 6.07) is 0. The molecular weight excluding hydrogens is 181 g/mol. The molecule has 0 bridgehead atoms. The maximum absolute atomic E-state index is 10.3. The van der Waals surface area contributed by atoms with E-state index in [4.69, 9.17) is 4.89 Å². The van der Waals surface area contributed by atoms with Crippen molar-refractivity contribution in [2.75, 3.05) is 27.7 Å². The van der Waals surface area contributed by atoms with Crippen LogP contribution in [0, 0.1) is 0 Å². The van der Waals surface area contributed by atoms with Gasteiger partial charge in [-0.2, -0.15) is 0 Å². The van der Waals surface area contributed by atoms with Crippen LogP contribution in [0.5, 0.6) is 0 Å². The van der Waals surface area contributed by atoms with Gasteiger partial charge in [0, 0.05) is 0 Å². The molecule has 0 aliphatic rings. The summed E-state index contributed by atoms with van der Waals surface area (Å²) in [5.41, 5.74) is 0. The van der Waals surface area contributed by atoms with Crippen molar-refractivity contribution in [3.63, 3.8) is 0 Å². The summed E-state index contributed by atoms with van der Waals surface area (Å²) in [5, 5.41) is 0. The van der Waals surface area contributed by atoms with Crippen LogP contribution in [0.3, 0.4) is 0 Å². The highest BCUT2D eigenvalue weighted by Gasteiger charge is 2.17. The molecule has 1 N–H and O–H groups in total. The fraction of sp³-hybridized carbons (Fsp3) is 1.00. The van der Waals surface area contributed by atoms with Gasteiger partial charge in [0.2, 0.25) is 0 Å². The highest BCUT2D eigenvalue weighted by molar-refractivity contribution is 7.44. The summed E-state index contributed by atoms with van der Waals surface area (Å²) in [7, 11) is 1.16. The minimum atomic E-state index is -4.57. The van der Waals surface area contributed by atoms with E-state index in [1.54, 1.807) is 6.92 Å². The van der Waals surface area contributed by atoms with Crippen molar-refractivity contribution in [3.8, 4) is 0 Å². The smallest absolute Gasteiger partial charge is 0.265 e. The van der Waals surface area contributed by atoms with E-state index in [0.717, 1.165) is 0 Å². The standard InChI is InChI=1S/C6H16NO4P/c1-6(5-7(2,3)4)11-12(8,9)10/h6H,5H2,1-4H3,(H-,8,9,10). The van der Waals surface area contributed by atoms with Crippen LogP contribution in [-0.2, 0) is 9.09 Å². The van der Waals surface area contributed by atoms with E-state index in [9.17, 15) is 9.46 Å². The molecule has 5 nitrogen and oxygen atoms in total. The Labute approximate surface area is 72.8 Å². The van der Waals surface area contributed by atoms with E-state index in [-0.39, 0.29) is 0 Å². The van der Waals surface area contributed by atoms with Gasteiger partial charge < -0.3 is 18.8 Å². The van der Waals surface area contributed by atoms with E-state index in [0.29, 0.717) is 11.0 Å². The summed E-state index contributed by atoms with van der Waals surface area (Å²) in [4.78, 5) is 18.6. The molecule has 0 heterocycles. The van der Waals surface area contributed by atoms with Crippen molar-refractivity contribution < 1.29 is 23.4 Å². The third-order valence-electron chi connectivity index (χ3n) is 1.12. The van der Waals surface area contributed by atoms with Gasteiger partial charge in [0.05, 0.1) is 21.1 Å². The van der Waals surface area contributed by atoms with E-state index in [1.165, 1.54) is 0 Å². The Balaban J connectivity index is 3.91. The van der Waals surface area contributed by atoms with E-state index in [2.05, 4.69) is 4.52 Å². The Kier molecular flexibility index (Phi) is 3.87. The average molecular weight is 197 g/mol. The molecule has 0 fully saturated rings. The van der Waals surface area contributed by atoms with Crippen LogP contribution < -0.4 is 4.89 Å². The minimum absolute atomic E-state index is 0.502. The molecule has 74 valence electrons. The van der Waals surface area contributed by atoms with Gasteiger partial charge in [-0.25, -0.2) is 0 Å². The predicted octanol–water partition coefficient (Wildman–Crippen LogP) is -0.442. The zero-order valence-corrected chi connectivity index (χ0v) is 8.75. The maximum atomic E-state index is 10.3. The first-order valence-corrected chi connectivity index (χ1v) is 5.12. The summed E-state index contributed by atoms with van der Waals surface area (Å²) in [6.07, 6.45) is -0.502. The zero-order chi connectivity index (χ0) is 9.99. The molecule has 0 aromatic heterocycles. The van der Waals surface area contributed by atoms with Crippen molar-refractivity contribution in [1.29, 1.82) is 0 Å². The van der Waals surface area contributed by atoms with Gasteiger partial charge >= 0.3 is 0 Å². The Bertz CT molecular complexity index is 182. The number of phosphoric ester groups is 1. The number of hydrogen-bond acceptors (Lipinski definition) is 3. The third-order valence-corrected chi connectivity index (χ3v) is 1.74. The van der Waals surface area contributed by atoms with Crippen LogP contribution in [0.15, 0.2) is 0 Å². The lowest BCUT2D eigenvalue weighted by Crippen LogP contribution is -2.41. The third kappa shape index (κ3) is 8.17. The normalized spacial score (nSPS) is 20.2. The van der Waals surface area contributed by atoms with Crippen molar-refractivity contribution in [3.05, 3.63) is 0 Å². The maximum Gasteiger partial charge on any atom is 0.265 e. The van der Waals surface area contributed by atoms with Gasteiger partial charge in [-0.1, -0.05) is 0 Å². The number of nitrogens with zero attached hydrogens (tertiary/aromatic N) is 1. The van der Waals surface area contributed by atoms with Gasteiger partial charge in [-0.3, -0.25) is 4.57 Å². The molecule has 0 spiro atoms. The van der Waals surface area contributed by atoms with Crippen molar-refractivity contribution in [2.45, 2.75) is 13.0 Å². The van der Waals surface area contributed by atoms with Crippen LogP contribution in [0.1, 0.15) is 6.92 Å². The molecule has 0 saturated carbocycles. The van der Waals surface area contributed by atoms with Crippen LogP contribution >= 0.6 is 7.82 Å². The first-order chi connectivity index (χ1) is 5.10. The zero-order valence-electron chi connectivity index (χ0n) is 7.85. The lowest BCUT2D eigenvalue weighted by atomic mass is 10.3. The second kappa shape index (κ2) is 3.85. The van der Waals surface area contributed by atoms with E-state index >= 15 is 0 Å². The van der Waals surface area contributed by atoms with Gasteiger partial charge in [0.1, 0.15) is 12.6 Å². The monoisotopic (exact) mass is 197 g/mol. The number of likely N-dealkylation sites (N-methyl/N-ethyl adjacent to an activating group) is 1. The first kappa shape index (κ1) is 12.1. The molecule has 0 aliphatic carbocycles. The van der Waals surface area contributed by atoms with Crippen LogP contribution in [0.25, 0.3) is 0 Å². The molecule has 0 aromatic carbocycles. The topological polar surface area (TPSA) is 69.6 Å². The SMILES string of the molecule is CC(C[N+](C)(C)C)OP(=O)([O-])O. The molecule has 0 rings (SSSR count). The number of quaternary nitrogens is 1. The predicted molar refractivity (Wildman–Crippen MR) is 43.3 cm³/mol. The van der Waals surface area contributed by atoms with Crippen LogP contribution in [0.4, 0.5) is 0 Å². The summed E-state index contributed by atoms with van der Waals surface area (Å²) in [6.45, 7) is 2.12. The number of phosphoric acid groups is 1. The van der Waals surface area contributed by atoms with E-state index < -0.39 is 13.9 Å². The Morgan fingerprint density at radius 1 is 1.58 bits per heavy atom. The van der Waals surface area contributed by atoms with Crippen molar-refractivity contribution in [1.82, 2.24) is 0 Å². The van der Waals surface area contributed by atoms with Gasteiger partial charge in [-0.15, -0.1) is 0 Å². The van der Waals surface area contributed by atoms with Gasteiger partial charge in [0.25, 0.3) is 7.82 Å². The lowest BCUT2D eigenvalue weighted by molar-refractivity contribution is -0.873. The summed E-state index contributed by atoms with van der Waals surface area (Å²) >= 11 is 0. The minimum Gasteiger partial charge on any atom is -0.756 e. The summed E-state index contributed by atoms with van der Waals surface area (Å²) < 4.78 is 15.2. The molecule has 12 heavy (non-hydrogen) atoms. The lowest BCUT2D eigenvalue weighted by Gasteiger charge is -2.29. The molecule has 0 saturated heterocycles. The van der Waals surface area contributed by atoms with Crippen LogP contribution in [-0.4, -0.2) is 43.2 Å². The Morgan fingerprint density at radius 3 is 2.25 bits per heavy atom.